The summed E-state index contributed by atoms with van der Waals surface area (Å²) >= 11 is 14.0. The van der Waals surface area contributed by atoms with Gasteiger partial charge < -0.3 is 10.2 Å². The number of benzene rings is 3. The quantitative estimate of drug-likeness (QED) is 0.378. The summed E-state index contributed by atoms with van der Waals surface area (Å²) in [6.07, 6.45) is 1.58. The van der Waals surface area contributed by atoms with E-state index in [2.05, 4.69) is 14.5 Å². The van der Waals surface area contributed by atoms with Crippen molar-refractivity contribution in [3.63, 3.8) is 0 Å². The van der Waals surface area contributed by atoms with Crippen LogP contribution in [0.3, 0.4) is 0 Å². The molecule has 1 aliphatic rings. The van der Waals surface area contributed by atoms with Crippen LogP contribution in [0.25, 0.3) is 0 Å². The Morgan fingerprint density at radius 3 is 2.23 bits per heavy atom. The Hall–Kier alpha value is -2.23. The number of carbonyl (C=O) groups excluding carboxylic acids is 1. The number of halogens is 2. The summed E-state index contributed by atoms with van der Waals surface area (Å²) in [4.78, 5) is 16.3. The van der Waals surface area contributed by atoms with E-state index in [1.54, 1.807) is 53.8 Å². The second kappa shape index (κ2) is 11.7. The van der Waals surface area contributed by atoms with Gasteiger partial charge in [-0.05, 0) is 66.5 Å². The average molecular weight is 550 g/mol. The number of anilines is 3. The zero-order valence-electron chi connectivity index (χ0n) is 19.4. The van der Waals surface area contributed by atoms with E-state index in [1.165, 1.54) is 0 Å². The van der Waals surface area contributed by atoms with Gasteiger partial charge in [-0.1, -0.05) is 35.3 Å². The lowest BCUT2D eigenvalue weighted by Crippen LogP contribution is -2.43. The van der Waals surface area contributed by atoms with Crippen molar-refractivity contribution >= 4 is 69.1 Å². The van der Waals surface area contributed by atoms with Gasteiger partial charge in [-0.25, -0.2) is 8.51 Å². The van der Waals surface area contributed by atoms with Gasteiger partial charge in [0.1, 0.15) is 11.0 Å². The lowest BCUT2D eigenvalue weighted by molar-refractivity contribution is 0.102. The Bertz CT molecular complexity index is 1200. The number of nitrogens with zero attached hydrogens (tertiary/aromatic N) is 3. The van der Waals surface area contributed by atoms with Gasteiger partial charge in [-0.15, -0.1) is 0 Å². The van der Waals surface area contributed by atoms with E-state index >= 15 is 0 Å². The van der Waals surface area contributed by atoms with Crippen LogP contribution in [0.4, 0.5) is 17.1 Å². The molecular weight excluding hydrogens is 523 g/mol. The van der Waals surface area contributed by atoms with Gasteiger partial charge in [-0.3, -0.25) is 9.10 Å². The number of rotatable bonds is 7. The molecule has 0 spiro atoms. The van der Waals surface area contributed by atoms with Crippen molar-refractivity contribution in [3.05, 3.63) is 82.3 Å². The lowest BCUT2D eigenvalue weighted by atomic mass is 10.1. The van der Waals surface area contributed by atoms with Crippen LogP contribution in [0.5, 0.6) is 0 Å². The summed E-state index contributed by atoms with van der Waals surface area (Å²) in [5, 5.41) is 4.23. The van der Waals surface area contributed by atoms with E-state index in [1.807, 2.05) is 42.5 Å². The third kappa shape index (κ3) is 6.71. The summed E-state index contributed by atoms with van der Waals surface area (Å²) in [7, 11) is 0.481. The SMILES string of the molecule is CN(c1ccccc1C(=O)Nc1ccc(SN2CCN(c3cc(Cl)cc(Cl)c3)CC2)cc1)S(C)=O. The molecule has 1 atom stereocenters. The Labute approximate surface area is 222 Å². The molecule has 0 saturated carbocycles. The molecule has 1 aliphatic heterocycles. The number of nitrogens with one attached hydrogen (secondary N) is 1. The normalized spacial score (nSPS) is 15.0. The smallest absolute Gasteiger partial charge is 0.257 e. The van der Waals surface area contributed by atoms with Gasteiger partial charge in [0.15, 0.2) is 0 Å². The lowest BCUT2D eigenvalue weighted by Gasteiger charge is -2.35. The molecule has 1 N–H and O–H groups in total. The van der Waals surface area contributed by atoms with Crippen LogP contribution in [-0.4, -0.2) is 53.9 Å². The molecule has 10 heteroatoms. The van der Waals surface area contributed by atoms with Crippen LogP contribution < -0.4 is 14.5 Å². The average Bonchev–Trinajstić information content (AvgIpc) is 2.84. The summed E-state index contributed by atoms with van der Waals surface area (Å²) in [6.45, 7) is 3.56. The monoisotopic (exact) mass is 548 g/mol. The van der Waals surface area contributed by atoms with Gasteiger partial charge in [0.05, 0.1) is 11.3 Å². The van der Waals surface area contributed by atoms with E-state index in [4.69, 9.17) is 23.2 Å². The summed E-state index contributed by atoms with van der Waals surface area (Å²) in [6, 6.07) is 20.6. The van der Waals surface area contributed by atoms with Crippen LogP contribution in [0, 0.1) is 0 Å². The van der Waals surface area contributed by atoms with Crippen molar-refractivity contribution in [2.45, 2.75) is 4.90 Å². The summed E-state index contributed by atoms with van der Waals surface area (Å²) < 4.78 is 15.8. The van der Waals surface area contributed by atoms with E-state index in [9.17, 15) is 9.00 Å². The third-order valence-electron chi connectivity index (χ3n) is 5.67. The molecule has 6 nitrogen and oxygen atoms in total. The highest BCUT2D eigenvalue weighted by Gasteiger charge is 2.19. The first-order valence-electron chi connectivity index (χ1n) is 11.0. The summed E-state index contributed by atoms with van der Waals surface area (Å²) in [5.41, 5.74) is 2.85. The number of hydrogen-bond acceptors (Lipinski definition) is 5. The molecule has 0 bridgehead atoms. The molecule has 3 aromatic carbocycles. The van der Waals surface area contributed by atoms with E-state index < -0.39 is 11.0 Å². The van der Waals surface area contributed by atoms with Crippen molar-refractivity contribution in [1.29, 1.82) is 0 Å². The second-order valence-electron chi connectivity index (χ2n) is 8.05. The van der Waals surface area contributed by atoms with E-state index in [-0.39, 0.29) is 5.91 Å². The predicted molar refractivity (Wildman–Crippen MR) is 149 cm³/mol. The number of hydrogen-bond donors (Lipinski definition) is 1. The second-order valence-corrected chi connectivity index (χ2v) is 11.5. The molecule has 35 heavy (non-hydrogen) atoms. The van der Waals surface area contributed by atoms with Crippen LogP contribution in [-0.2, 0) is 11.0 Å². The molecule has 0 aromatic heterocycles. The van der Waals surface area contributed by atoms with Gasteiger partial charge in [0.25, 0.3) is 5.91 Å². The molecule has 1 heterocycles. The van der Waals surface area contributed by atoms with Crippen molar-refractivity contribution in [3.8, 4) is 0 Å². The van der Waals surface area contributed by atoms with Gasteiger partial charge in [-0.2, -0.15) is 0 Å². The first-order chi connectivity index (χ1) is 16.8. The van der Waals surface area contributed by atoms with Crippen molar-refractivity contribution in [1.82, 2.24) is 4.31 Å². The minimum Gasteiger partial charge on any atom is -0.369 e. The largest absolute Gasteiger partial charge is 0.369 e. The molecular formula is C25H26Cl2N4O2S2. The maximum atomic E-state index is 12.9. The standard InChI is InChI=1S/C25H26Cl2N4O2S2/c1-29(35(2)33)24-6-4-3-5-23(24)25(32)28-20-7-9-22(10-8-20)34-31-13-11-30(12-14-31)21-16-18(26)15-19(27)17-21/h3-10,15-17H,11-14H2,1-2H3,(H,28,32). The fraction of sp³-hybridized carbons (Fsp3) is 0.240. The molecule has 0 aliphatic carbocycles. The zero-order chi connectivity index (χ0) is 24.9. The first kappa shape index (κ1) is 25.9. The maximum Gasteiger partial charge on any atom is 0.257 e. The molecule has 1 amide bonds. The molecule has 0 radical (unpaired) electrons. The Kier molecular flexibility index (Phi) is 8.62. The predicted octanol–water partition coefficient (Wildman–Crippen LogP) is 5.80. The van der Waals surface area contributed by atoms with Crippen molar-refractivity contribution < 1.29 is 9.00 Å². The number of para-hydroxylation sites is 1. The molecule has 3 aromatic rings. The van der Waals surface area contributed by atoms with Crippen molar-refractivity contribution in [2.24, 2.45) is 0 Å². The van der Waals surface area contributed by atoms with E-state index in [0.717, 1.165) is 36.8 Å². The first-order valence-corrected chi connectivity index (χ1v) is 14.1. The highest BCUT2D eigenvalue weighted by atomic mass is 35.5. The molecule has 4 rings (SSSR count). The van der Waals surface area contributed by atoms with Gasteiger partial charge >= 0.3 is 0 Å². The topological polar surface area (TPSA) is 55.9 Å². The van der Waals surface area contributed by atoms with E-state index in [0.29, 0.717) is 27.0 Å². The highest BCUT2D eigenvalue weighted by molar-refractivity contribution is 7.97. The number of amides is 1. The third-order valence-corrected chi connectivity index (χ3v) is 8.18. The number of piperazine rings is 1. The van der Waals surface area contributed by atoms with Crippen molar-refractivity contribution in [2.75, 3.05) is 54.0 Å². The maximum absolute atomic E-state index is 12.9. The van der Waals surface area contributed by atoms with Gasteiger partial charge in [0.2, 0.25) is 0 Å². The minimum atomic E-state index is -1.23. The minimum absolute atomic E-state index is 0.240. The van der Waals surface area contributed by atoms with Crippen LogP contribution >= 0.6 is 35.1 Å². The van der Waals surface area contributed by atoms with Gasteiger partial charge in [0, 0.05) is 65.8 Å². The molecule has 1 unspecified atom stereocenters. The Morgan fingerprint density at radius 1 is 0.971 bits per heavy atom. The molecule has 1 saturated heterocycles. The Balaban J connectivity index is 1.33. The molecule has 1 fully saturated rings. The Morgan fingerprint density at radius 2 is 1.60 bits per heavy atom. The fourth-order valence-electron chi connectivity index (χ4n) is 3.78. The van der Waals surface area contributed by atoms with Crippen LogP contribution in [0.1, 0.15) is 10.4 Å². The molecule has 184 valence electrons. The van der Waals surface area contributed by atoms with Crippen LogP contribution in [0.2, 0.25) is 10.0 Å². The zero-order valence-corrected chi connectivity index (χ0v) is 22.6. The summed E-state index contributed by atoms with van der Waals surface area (Å²) in [5.74, 6) is -0.240. The fourth-order valence-corrected chi connectivity index (χ4v) is 5.64. The van der Waals surface area contributed by atoms with Crippen LogP contribution in [0.15, 0.2) is 71.6 Å². The highest BCUT2D eigenvalue weighted by Crippen LogP contribution is 2.30. The number of carbonyl (C=O) groups is 1.